The summed E-state index contributed by atoms with van der Waals surface area (Å²) >= 11 is 0. The van der Waals surface area contributed by atoms with E-state index >= 15 is 0 Å². The smallest absolute Gasteiger partial charge is 0.251 e. The minimum Gasteiger partial charge on any atom is -0.399 e. The first-order chi connectivity index (χ1) is 9.24. The van der Waals surface area contributed by atoms with Crippen LogP contribution in [0.25, 0.3) is 0 Å². The lowest BCUT2D eigenvalue weighted by Gasteiger charge is -2.13. The molecule has 6 nitrogen and oxygen atoms in total. The fraction of sp³-hybridized carbons (Fsp3) is 0.462. The van der Waals surface area contributed by atoms with Gasteiger partial charge in [0.25, 0.3) is 5.91 Å². The van der Waals surface area contributed by atoms with Crippen LogP contribution in [-0.4, -0.2) is 39.8 Å². The number of benzene rings is 1. The molecule has 0 bridgehead atoms. The number of nitrogen functional groups attached to an aromatic ring is 1. The van der Waals surface area contributed by atoms with Gasteiger partial charge in [-0.3, -0.25) is 4.79 Å². The Morgan fingerprint density at radius 1 is 1.40 bits per heavy atom. The number of carbonyl (C=O) groups is 1. The van der Waals surface area contributed by atoms with E-state index < -0.39 is 9.84 Å². The van der Waals surface area contributed by atoms with Crippen LogP contribution in [0.1, 0.15) is 24.2 Å². The monoisotopic (exact) mass is 300 g/mol. The van der Waals surface area contributed by atoms with Crippen LogP contribution in [0.3, 0.4) is 0 Å². The van der Waals surface area contributed by atoms with E-state index in [9.17, 15) is 13.2 Å². The first-order valence-corrected chi connectivity index (χ1v) is 8.13. The molecular formula is C13H20N2O4S. The number of amides is 1. The van der Waals surface area contributed by atoms with Crippen molar-refractivity contribution in [2.45, 2.75) is 24.8 Å². The summed E-state index contributed by atoms with van der Waals surface area (Å²) in [5.41, 5.74) is 6.08. The average molecular weight is 300 g/mol. The second kappa shape index (κ2) is 6.71. The summed E-state index contributed by atoms with van der Waals surface area (Å²) in [6, 6.07) is 4.08. The van der Waals surface area contributed by atoms with Crippen molar-refractivity contribution in [3.05, 3.63) is 23.8 Å². The molecule has 1 unspecified atom stereocenters. The maximum absolute atomic E-state index is 12.0. The Hall–Kier alpha value is -1.60. The van der Waals surface area contributed by atoms with Crippen LogP contribution in [0.15, 0.2) is 23.1 Å². The third-order valence-corrected chi connectivity index (χ3v) is 3.71. The molecule has 3 N–H and O–H groups in total. The van der Waals surface area contributed by atoms with Gasteiger partial charge in [-0.1, -0.05) is 0 Å². The minimum absolute atomic E-state index is 0.0282. The topological polar surface area (TPSA) is 98.5 Å². The van der Waals surface area contributed by atoms with Crippen LogP contribution >= 0.6 is 0 Å². The number of nitrogens with two attached hydrogens (primary N) is 1. The van der Waals surface area contributed by atoms with Crippen molar-refractivity contribution < 1.29 is 17.9 Å². The summed E-state index contributed by atoms with van der Waals surface area (Å²) in [5.74, 6) is -0.381. The number of ether oxygens (including phenoxy) is 1. The molecule has 0 aromatic heterocycles. The molecule has 112 valence electrons. The maximum atomic E-state index is 12.0. The van der Waals surface area contributed by atoms with E-state index in [1.807, 2.05) is 13.8 Å². The highest BCUT2D eigenvalue weighted by Gasteiger charge is 2.14. The molecule has 1 rings (SSSR count). The molecule has 0 saturated heterocycles. The Morgan fingerprint density at radius 3 is 2.60 bits per heavy atom. The zero-order chi connectivity index (χ0) is 15.3. The van der Waals surface area contributed by atoms with Gasteiger partial charge in [0.05, 0.1) is 11.0 Å². The van der Waals surface area contributed by atoms with Crippen LogP contribution in [0.2, 0.25) is 0 Å². The molecule has 7 heteroatoms. The lowest BCUT2D eigenvalue weighted by atomic mass is 10.2. The summed E-state index contributed by atoms with van der Waals surface area (Å²) in [6.07, 6.45) is 0.958. The van der Waals surface area contributed by atoms with Crippen molar-refractivity contribution >= 4 is 21.4 Å². The van der Waals surface area contributed by atoms with Gasteiger partial charge in [0.2, 0.25) is 0 Å². The third kappa shape index (κ3) is 4.82. The van der Waals surface area contributed by atoms with Gasteiger partial charge in [0.1, 0.15) is 0 Å². The SMILES string of the molecule is CCOC(C)CNC(=O)c1cc(N)cc(S(C)(=O)=O)c1. The predicted molar refractivity (Wildman–Crippen MR) is 77.4 cm³/mol. The summed E-state index contributed by atoms with van der Waals surface area (Å²) in [5, 5.41) is 2.68. The highest BCUT2D eigenvalue weighted by molar-refractivity contribution is 7.90. The molecule has 0 saturated carbocycles. The number of rotatable bonds is 6. The van der Waals surface area contributed by atoms with Crippen LogP contribution in [0.5, 0.6) is 0 Å². The molecule has 0 fully saturated rings. The third-order valence-electron chi connectivity index (χ3n) is 2.62. The zero-order valence-electron chi connectivity index (χ0n) is 11.8. The van der Waals surface area contributed by atoms with Crippen molar-refractivity contribution in [3.63, 3.8) is 0 Å². The van der Waals surface area contributed by atoms with Gasteiger partial charge >= 0.3 is 0 Å². The molecule has 0 aliphatic rings. The molecule has 0 heterocycles. The average Bonchev–Trinajstić information content (AvgIpc) is 2.34. The molecule has 0 aliphatic carbocycles. The fourth-order valence-corrected chi connectivity index (χ4v) is 2.34. The van der Waals surface area contributed by atoms with Gasteiger partial charge in [0, 0.05) is 30.7 Å². The lowest BCUT2D eigenvalue weighted by molar-refractivity contribution is 0.0695. The summed E-state index contributed by atoms with van der Waals surface area (Å²) in [7, 11) is -3.41. The van der Waals surface area contributed by atoms with Crippen LogP contribution in [0.4, 0.5) is 5.69 Å². The number of carbonyl (C=O) groups excluding carboxylic acids is 1. The Kier molecular flexibility index (Phi) is 5.52. The highest BCUT2D eigenvalue weighted by atomic mass is 32.2. The zero-order valence-corrected chi connectivity index (χ0v) is 12.7. The fourth-order valence-electron chi connectivity index (χ4n) is 1.65. The largest absolute Gasteiger partial charge is 0.399 e. The number of nitrogens with one attached hydrogen (secondary N) is 1. The normalized spacial score (nSPS) is 12.9. The predicted octanol–water partition coefficient (Wildman–Crippen LogP) is 0.827. The van der Waals surface area contributed by atoms with E-state index in [4.69, 9.17) is 10.5 Å². The second-order valence-corrected chi connectivity index (χ2v) is 6.55. The summed E-state index contributed by atoms with van der Waals surface area (Å²) < 4.78 is 28.3. The molecule has 1 aromatic carbocycles. The van der Waals surface area contributed by atoms with Crippen LogP contribution < -0.4 is 11.1 Å². The first kappa shape index (κ1) is 16.5. The maximum Gasteiger partial charge on any atom is 0.251 e. The highest BCUT2D eigenvalue weighted by Crippen LogP contribution is 2.16. The number of hydrogen-bond donors (Lipinski definition) is 2. The molecule has 0 aliphatic heterocycles. The van der Waals surface area contributed by atoms with Gasteiger partial charge in [-0.25, -0.2) is 8.42 Å². The Balaban J connectivity index is 2.86. The van der Waals surface area contributed by atoms with Gasteiger partial charge in [-0.05, 0) is 32.0 Å². The van der Waals surface area contributed by atoms with Crippen molar-refractivity contribution in [2.75, 3.05) is 25.1 Å². The second-order valence-electron chi connectivity index (χ2n) is 4.54. The number of anilines is 1. The standard InChI is InChI=1S/C13H20N2O4S/c1-4-19-9(2)8-15-13(16)10-5-11(14)7-12(6-10)20(3,17)18/h5-7,9H,4,8,14H2,1-3H3,(H,15,16). The molecule has 0 radical (unpaired) electrons. The summed E-state index contributed by atoms with van der Waals surface area (Å²) in [6.45, 7) is 4.61. The minimum atomic E-state index is -3.41. The molecule has 1 atom stereocenters. The van der Waals surface area contributed by atoms with Gasteiger partial charge in [-0.2, -0.15) is 0 Å². The molecule has 20 heavy (non-hydrogen) atoms. The van der Waals surface area contributed by atoms with E-state index in [2.05, 4.69) is 5.32 Å². The van der Waals surface area contributed by atoms with Crippen LogP contribution in [0, 0.1) is 0 Å². The number of sulfone groups is 1. The molecule has 1 aromatic rings. The molecule has 1 amide bonds. The lowest BCUT2D eigenvalue weighted by Crippen LogP contribution is -2.32. The number of hydrogen-bond acceptors (Lipinski definition) is 5. The Morgan fingerprint density at radius 2 is 2.05 bits per heavy atom. The molecular weight excluding hydrogens is 280 g/mol. The van der Waals surface area contributed by atoms with E-state index in [1.54, 1.807) is 0 Å². The first-order valence-electron chi connectivity index (χ1n) is 6.24. The van der Waals surface area contributed by atoms with Crippen molar-refractivity contribution in [1.29, 1.82) is 0 Å². The van der Waals surface area contributed by atoms with Gasteiger partial charge in [-0.15, -0.1) is 0 Å². The van der Waals surface area contributed by atoms with Crippen molar-refractivity contribution in [2.24, 2.45) is 0 Å². The van der Waals surface area contributed by atoms with E-state index in [1.165, 1.54) is 18.2 Å². The quantitative estimate of drug-likeness (QED) is 0.758. The summed E-state index contributed by atoms with van der Waals surface area (Å²) in [4.78, 5) is 12.0. The van der Waals surface area contributed by atoms with E-state index in [0.717, 1.165) is 6.26 Å². The van der Waals surface area contributed by atoms with Crippen molar-refractivity contribution in [3.8, 4) is 0 Å². The van der Waals surface area contributed by atoms with E-state index in [-0.39, 0.29) is 28.2 Å². The van der Waals surface area contributed by atoms with Gasteiger partial charge in [0.15, 0.2) is 9.84 Å². The Labute approximate surface area is 119 Å². The van der Waals surface area contributed by atoms with E-state index in [0.29, 0.717) is 13.2 Å². The Bertz CT molecular complexity index is 584. The molecule has 0 spiro atoms. The van der Waals surface area contributed by atoms with Crippen molar-refractivity contribution in [1.82, 2.24) is 5.32 Å². The van der Waals surface area contributed by atoms with Crippen LogP contribution in [-0.2, 0) is 14.6 Å². The van der Waals surface area contributed by atoms with Gasteiger partial charge < -0.3 is 15.8 Å².